The van der Waals surface area contributed by atoms with Crippen LogP contribution in [0.25, 0.3) is 0 Å². The molecule has 2 aromatic carbocycles. The van der Waals surface area contributed by atoms with Crippen LogP contribution in [0, 0.1) is 11.7 Å². The molecule has 3 rings (SSSR count). The van der Waals surface area contributed by atoms with Gasteiger partial charge in [0.05, 0.1) is 24.6 Å². The van der Waals surface area contributed by atoms with Gasteiger partial charge in [0.25, 0.3) is 0 Å². The summed E-state index contributed by atoms with van der Waals surface area (Å²) in [6, 6.07) is 7.92. The maximum Gasteiger partial charge on any atom is 0.416 e. The van der Waals surface area contributed by atoms with E-state index in [-0.39, 0.29) is 6.54 Å². The standard InChI is InChI=1S/C21H21F4NO3/c1-29-18-8-7-16(22)11-17(18)19(26-9-3-5-14(12-26)20(27)28)13-4-2-6-15(10-13)21(23,24)25/h2,4,6-8,10-11,14,19H,3,5,9,12H2,1H3,(H,27,28). The van der Waals surface area contributed by atoms with Crippen molar-refractivity contribution in [3.05, 3.63) is 65.0 Å². The highest BCUT2D eigenvalue weighted by atomic mass is 19.4. The number of alkyl halides is 3. The predicted molar refractivity (Wildman–Crippen MR) is 98.2 cm³/mol. The van der Waals surface area contributed by atoms with Gasteiger partial charge in [-0.05, 0) is 55.3 Å². The summed E-state index contributed by atoms with van der Waals surface area (Å²) in [6.45, 7) is 0.625. The minimum Gasteiger partial charge on any atom is -0.496 e. The molecule has 2 unspecified atom stereocenters. The van der Waals surface area contributed by atoms with Gasteiger partial charge in [-0.3, -0.25) is 9.69 Å². The highest BCUT2D eigenvalue weighted by molar-refractivity contribution is 5.70. The number of likely N-dealkylation sites (tertiary alicyclic amines) is 1. The summed E-state index contributed by atoms with van der Waals surface area (Å²) >= 11 is 0. The molecule has 1 fully saturated rings. The van der Waals surface area contributed by atoms with E-state index in [9.17, 15) is 27.5 Å². The van der Waals surface area contributed by atoms with E-state index in [1.807, 2.05) is 0 Å². The fourth-order valence-electron chi connectivity index (χ4n) is 3.83. The van der Waals surface area contributed by atoms with Gasteiger partial charge in [-0.2, -0.15) is 13.2 Å². The van der Waals surface area contributed by atoms with E-state index in [1.165, 1.54) is 37.4 Å². The average molecular weight is 411 g/mol. The van der Waals surface area contributed by atoms with Gasteiger partial charge >= 0.3 is 12.1 Å². The van der Waals surface area contributed by atoms with Crippen LogP contribution in [0.3, 0.4) is 0 Å². The molecule has 4 nitrogen and oxygen atoms in total. The van der Waals surface area contributed by atoms with Crippen LogP contribution < -0.4 is 4.74 Å². The van der Waals surface area contributed by atoms with Crippen LogP contribution in [-0.4, -0.2) is 36.2 Å². The number of halogens is 4. The molecule has 29 heavy (non-hydrogen) atoms. The van der Waals surface area contributed by atoms with Crippen molar-refractivity contribution in [1.82, 2.24) is 4.90 Å². The highest BCUT2D eigenvalue weighted by Crippen LogP contribution is 2.39. The van der Waals surface area contributed by atoms with Gasteiger partial charge < -0.3 is 9.84 Å². The lowest BCUT2D eigenvalue weighted by atomic mass is 9.90. The molecular weight excluding hydrogens is 390 g/mol. The number of carboxylic acids is 1. The van der Waals surface area contributed by atoms with Crippen LogP contribution in [0.4, 0.5) is 17.6 Å². The molecule has 0 amide bonds. The van der Waals surface area contributed by atoms with Crippen LogP contribution >= 0.6 is 0 Å². The van der Waals surface area contributed by atoms with Crippen LogP contribution in [0.1, 0.15) is 35.6 Å². The van der Waals surface area contributed by atoms with E-state index in [1.54, 1.807) is 4.90 Å². The molecule has 2 atom stereocenters. The number of hydrogen-bond donors (Lipinski definition) is 1. The van der Waals surface area contributed by atoms with Crippen molar-refractivity contribution in [3.8, 4) is 5.75 Å². The molecule has 1 aliphatic heterocycles. The Hall–Kier alpha value is -2.61. The third kappa shape index (κ3) is 4.70. The average Bonchev–Trinajstić information content (AvgIpc) is 2.68. The van der Waals surface area contributed by atoms with Gasteiger partial charge in [-0.1, -0.05) is 12.1 Å². The van der Waals surface area contributed by atoms with Crippen molar-refractivity contribution in [2.45, 2.75) is 25.1 Å². The molecule has 1 aliphatic rings. The molecule has 0 spiro atoms. The number of carbonyl (C=O) groups is 1. The summed E-state index contributed by atoms with van der Waals surface area (Å²) in [5.41, 5.74) is -0.158. The fourth-order valence-corrected chi connectivity index (χ4v) is 3.83. The van der Waals surface area contributed by atoms with E-state index in [0.717, 1.165) is 12.1 Å². The number of methoxy groups -OCH3 is 1. The van der Waals surface area contributed by atoms with Crippen LogP contribution in [-0.2, 0) is 11.0 Å². The molecule has 0 bridgehead atoms. The monoisotopic (exact) mass is 411 g/mol. The predicted octanol–water partition coefficient (Wildman–Crippen LogP) is 4.74. The summed E-state index contributed by atoms with van der Waals surface area (Å²) in [7, 11) is 1.40. The molecule has 0 radical (unpaired) electrons. The number of nitrogens with zero attached hydrogens (tertiary/aromatic N) is 1. The van der Waals surface area contributed by atoms with Gasteiger partial charge in [0.15, 0.2) is 0 Å². The van der Waals surface area contributed by atoms with Crippen molar-refractivity contribution < 1.29 is 32.2 Å². The molecular formula is C21H21F4NO3. The first-order chi connectivity index (χ1) is 13.7. The molecule has 0 aliphatic carbocycles. The lowest BCUT2D eigenvalue weighted by Crippen LogP contribution is -2.41. The Balaban J connectivity index is 2.13. The Morgan fingerprint density at radius 2 is 2.00 bits per heavy atom. The largest absolute Gasteiger partial charge is 0.496 e. The zero-order chi connectivity index (χ0) is 21.2. The topological polar surface area (TPSA) is 49.8 Å². The van der Waals surface area contributed by atoms with Crippen LogP contribution in [0.2, 0.25) is 0 Å². The van der Waals surface area contributed by atoms with Crippen molar-refractivity contribution >= 4 is 5.97 Å². The van der Waals surface area contributed by atoms with Gasteiger partial charge in [0.2, 0.25) is 0 Å². The lowest BCUT2D eigenvalue weighted by Gasteiger charge is -2.38. The van der Waals surface area contributed by atoms with E-state index in [4.69, 9.17) is 4.74 Å². The Kier molecular flexibility index (Phi) is 6.12. The highest BCUT2D eigenvalue weighted by Gasteiger charge is 2.35. The Bertz CT molecular complexity index is 884. The van der Waals surface area contributed by atoms with Gasteiger partial charge in [0.1, 0.15) is 11.6 Å². The number of hydrogen-bond acceptors (Lipinski definition) is 3. The minimum atomic E-state index is -4.53. The molecule has 1 saturated heterocycles. The number of rotatable bonds is 5. The maximum atomic E-state index is 14.1. The smallest absolute Gasteiger partial charge is 0.416 e. The van der Waals surface area contributed by atoms with Crippen LogP contribution in [0.15, 0.2) is 42.5 Å². The van der Waals surface area contributed by atoms with E-state index in [2.05, 4.69) is 0 Å². The second-order valence-corrected chi connectivity index (χ2v) is 7.08. The third-order valence-electron chi connectivity index (χ3n) is 5.18. The number of aliphatic carboxylic acids is 1. The molecule has 1 N–H and O–H groups in total. The van der Waals surface area contributed by atoms with Crippen molar-refractivity contribution in [3.63, 3.8) is 0 Å². The van der Waals surface area contributed by atoms with E-state index in [0.29, 0.717) is 36.3 Å². The van der Waals surface area contributed by atoms with Crippen molar-refractivity contribution in [1.29, 1.82) is 0 Å². The zero-order valence-corrected chi connectivity index (χ0v) is 15.7. The first-order valence-corrected chi connectivity index (χ1v) is 9.18. The number of ether oxygens (including phenoxy) is 1. The molecule has 0 saturated carbocycles. The number of piperidine rings is 1. The SMILES string of the molecule is COc1ccc(F)cc1C(c1cccc(C(F)(F)F)c1)N1CCCC(C(=O)O)C1. The second-order valence-electron chi connectivity index (χ2n) is 7.08. The second kappa shape index (κ2) is 8.41. The fraction of sp³-hybridized carbons (Fsp3) is 0.381. The Labute approximate surface area is 165 Å². The Morgan fingerprint density at radius 1 is 1.24 bits per heavy atom. The van der Waals surface area contributed by atoms with Crippen LogP contribution in [0.5, 0.6) is 5.75 Å². The molecule has 2 aromatic rings. The number of benzene rings is 2. The summed E-state index contributed by atoms with van der Waals surface area (Å²) in [6.07, 6.45) is -3.47. The summed E-state index contributed by atoms with van der Waals surface area (Å²) in [4.78, 5) is 13.3. The summed E-state index contributed by atoms with van der Waals surface area (Å²) in [5, 5.41) is 9.41. The van der Waals surface area contributed by atoms with Crippen molar-refractivity contribution in [2.75, 3.05) is 20.2 Å². The molecule has 1 heterocycles. The van der Waals surface area contributed by atoms with Gasteiger partial charge in [-0.25, -0.2) is 4.39 Å². The van der Waals surface area contributed by atoms with Gasteiger partial charge in [0, 0.05) is 12.1 Å². The first-order valence-electron chi connectivity index (χ1n) is 9.18. The van der Waals surface area contributed by atoms with E-state index < -0.39 is 35.5 Å². The normalized spacial score (nSPS) is 19.0. The minimum absolute atomic E-state index is 0.149. The molecule has 0 aromatic heterocycles. The lowest BCUT2D eigenvalue weighted by molar-refractivity contribution is -0.143. The molecule has 8 heteroatoms. The van der Waals surface area contributed by atoms with Gasteiger partial charge in [-0.15, -0.1) is 0 Å². The third-order valence-corrected chi connectivity index (χ3v) is 5.18. The van der Waals surface area contributed by atoms with Crippen molar-refractivity contribution in [2.24, 2.45) is 5.92 Å². The summed E-state index contributed by atoms with van der Waals surface area (Å²) < 4.78 is 59.2. The first kappa shape index (κ1) is 21.1. The van der Waals surface area contributed by atoms with E-state index >= 15 is 0 Å². The quantitative estimate of drug-likeness (QED) is 0.723. The maximum absolute atomic E-state index is 14.1. The Morgan fingerprint density at radius 3 is 2.66 bits per heavy atom. The summed E-state index contributed by atoms with van der Waals surface area (Å²) in [5.74, 6) is -1.82. The molecule has 156 valence electrons. The zero-order valence-electron chi connectivity index (χ0n) is 15.7. The number of carboxylic acid groups (broad SMARTS) is 1.